The fourth-order valence-corrected chi connectivity index (χ4v) is 4.68. The second kappa shape index (κ2) is 6.48. The summed E-state index contributed by atoms with van der Waals surface area (Å²) in [5.74, 6) is 1.71. The van der Waals surface area contributed by atoms with E-state index in [1.165, 1.54) is 37.2 Å². The molecular formula is C21H26N2O. The van der Waals surface area contributed by atoms with E-state index in [-0.39, 0.29) is 0 Å². The predicted molar refractivity (Wildman–Crippen MR) is 98.7 cm³/mol. The molecular weight excluding hydrogens is 296 g/mol. The van der Waals surface area contributed by atoms with Crippen molar-refractivity contribution in [2.45, 2.75) is 24.9 Å². The Hall–Kier alpha value is -2.00. The molecule has 3 heterocycles. The first-order valence-corrected chi connectivity index (χ1v) is 8.94. The molecule has 3 aliphatic heterocycles. The van der Waals surface area contributed by atoms with Crippen LogP contribution in [0, 0.1) is 5.92 Å². The molecule has 2 aromatic carbocycles. The summed E-state index contributed by atoms with van der Waals surface area (Å²) >= 11 is 0. The minimum absolute atomic E-state index is 0.466. The monoisotopic (exact) mass is 322 g/mol. The zero-order chi connectivity index (χ0) is 16.5. The molecule has 0 aliphatic carbocycles. The Morgan fingerprint density at radius 3 is 2.33 bits per heavy atom. The third-order valence-corrected chi connectivity index (χ3v) is 5.83. The van der Waals surface area contributed by atoms with Crippen LogP contribution in [0.4, 0.5) is 5.69 Å². The van der Waals surface area contributed by atoms with E-state index in [9.17, 15) is 0 Å². The summed E-state index contributed by atoms with van der Waals surface area (Å²) in [5.41, 5.74) is 2.63. The molecule has 24 heavy (non-hydrogen) atoms. The number of methoxy groups -OCH3 is 1. The van der Waals surface area contributed by atoms with Crippen molar-refractivity contribution in [2.24, 2.45) is 5.92 Å². The molecule has 3 heteroatoms. The molecule has 5 rings (SSSR count). The van der Waals surface area contributed by atoms with E-state index < -0.39 is 0 Å². The van der Waals surface area contributed by atoms with Crippen LogP contribution in [-0.2, 0) is 0 Å². The summed E-state index contributed by atoms with van der Waals surface area (Å²) < 4.78 is 5.62. The quantitative estimate of drug-likeness (QED) is 0.847. The van der Waals surface area contributed by atoms with Gasteiger partial charge in [-0.3, -0.25) is 4.90 Å². The van der Waals surface area contributed by atoms with Gasteiger partial charge >= 0.3 is 0 Å². The van der Waals surface area contributed by atoms with Crippen LogP contribution in [0.3, 0.4) is 0 Å². The van der Waals surface area contributed by atoms with Crippen molar-refractivity contribution >= 4 is 5.69 Å². The van der Waals surface area contributed by atoms with E-state index in [0.29, 0.717) is 12.1 Å². The second-order valence-electron chi connectivity index (χ2n) is 7.00. The third-order valence-electron chi connectivity index (χ3n) is 5.83. The van der Waals surface area contributed by atoms with Gasteiger partial charge in [0.05, 0.1) is 24.9 Å². The summed E-state index contributed by atoms with van der Waals surface area (Å²) in [7, 11) is 4.00. The maximum absolute atomic E-state index is 5.62. The van der Waals surface area contributed by atoms with Crippen molar-refractivity contribution in [3.63, 3.8) is 0 Å². The van der Waals surface area contributed by atoms with Gasteiger partial charge in [0, 0.05) is 7.05 Å². The molecule has 2 unspecified atom stereocenters. The van der Waals surface area contributed by atoms with Gasteiger partial charge in [0.1, 0.15) is 5.75 Å². The second-order valence-corrected chi connectivity index (χ2v) is 7.00. The molecule has 2 bridgehead atoms. The zero-order valence-corrected chi connectivity index (χ0v) is 14.6. The standard InChI is InChI=1S/C21H26N2O/c1-22(18-10-6-7-11-19(18)24-2)20-17-12-14-23(15-13-17)21(20)16-8-4-3-5-9-16/h3-11,17,20-21H,12-15H2,1-2H3. The van der Waals surface area contributed by atoms with E-state index in [0.717, 1.165) is 11.7 Å². The lowest BCUT2D eigenvalue weighted by Gasteiger charge is -2.54. The van der Waals surface area contributed by atoms with Crippen LogP contribution in [0.5, 0.6) is 5.75 Å². The lowest BCUT2D eigenvalue weighted by atomic mass is 9.75. The van der Waals surface area contributed by atoms with E-state index in [4.69, 9.17) is 4.74 Å². The molecule has 3 fully saturated rings. The first-order chi connectivity index (χ1) is 11.8. The maximum atomic E-state index is 5.62. The summed E-state index contributed by atoms with van der Waals surface area (Å²) in [4.78, 5) is 5.14. The highest BCUT2D eigenvalue weighted by Crippen LogP contribution is 2.45. The number of rotatable bonds is 4. The minimum Gasteiger partial charge on any atom is -0.495 e. The van der Waals surface area contributed by atoms with Gasteiger partial charge in [-0.25, -0.2) is 0 Å². The molecule has 0 saturated carbocycles. The largest absolute Gasteiger partial charge is 0.495 e. The van der Waals surface area contributed by atoms with Crippen molar-refractivity contribution in [3.8, 4) is 5.75 Å². The highest BCUT2D eigenvalue weighted by atomic mass is 16.5. The highest BCUT2D eigenvalue weighted by Gasteiger charge is 2.45. The molecule has 0 amide bonds. The minimum atomic E-state index is 0.466. The average molecular weight is 322 g/mol. The normalized spacial score (nSPS) is 28.6. The van der Waals surface area contributed by atoms with Gasteiger partial charge < -0.3 is 9.64 Å². The number of hydrogen-bond donors (Lipinski definition) is 0. The third kappa shape index (κ3) is 2.57. The number of benzene rings is 2. The van der Waals surface area contributed by atoms with Crippen LogP contribution in [-0.4, -0.2) is 38.2 Å². The van der Waals surface area contributed by atoms with Gasteiger partial charge in [0.2, 0.25) is 0 Å². The Morgan fingerprint density at radius 2 is 1.62 bits per heavy atom. The fourth-order valence-electron chi connectivity index (χ4n) is 4.68. The van der Waals surface area contributed by atoms with Gasteiger partial charge in [0.25, 0.3) is 0 Å². The first kappa shape index (κ1) is 15.5. The molecule has 3 aliphatic rings. The van der Waals surface area contributed by atoms with Crippen molar-refractivity contribution in [3.05, 3.63) is 60.2 Å². The first-order valence-electron chi connectivity index (χ1n) is 8.94. The Bertz CT molecular complexity index is 679. The summed E-state index contributed by atoms with van der Waals surface area (Å²) in [6.45, 7) is 2.45. The number of anilines is 1. The van der Waals surface area contributed by atoms with Crippen LogP contribution in [0.1, 0.15) is 24.4 Å². The molecule has 2 aromatic rings. The molecule has 3 saturated heterocycles. The maximum Gasteiger partial charge on any atom is 0.142 e. The molecule has 0 radical (unpaired) electrons. The lowest BCUT2D eigenvalue weighted by molar-refractivity contribution is 0.0256. The Balaban J connectivity index is 1.73. The molecule has 0 N–H and O–H groups in total. The van der Waals surface area contributed by atoms with Crippen LogP contribution in [0.25, 0.3) is 0 Å². The van der Waals surface area contributed by atoms with Crippen molar-refractivity contribution in [2.75, 3.05) is 32.1 Å². The van der Waals surface area contributed by atoms with Gasteiger partial charge in [-0.1, -0.05) is 42.5 Å². The summed E-state index contributed by atoms with van der Waals surface area (Å²) in [5, 5.41) is 0. The van der Waals surface area contributed by atoms with Crippen LogP contribution >= 0.6 is 0 Å². The van der Waals surface area contributed by atoms with Crippen LogP contribution in [0.2, 0.25) is 0 Å². The van der Waals surface area contributed by atoms with E-state index in [2.05, 4.69) is 65.4 Å². The van der Waals surface area contributed by atoms with E-state index in [1.54, 1.807) is 7.11 Å². The van der Waals surface area contributed by atoms with Gasteiger partial charge in [-0.2, -0.15) is 0 Å². The number of likely N-dealkylation sites (N-methyl/N-ethyl adjacent to an activating group) is 1. The molecule has 2 atom stereocenters. The molecule has 0 spiro atoms. The molecule has 3 nitrogen and oxygen atoms in total. The number of fused-ring (bicyclic) bond motifs is 3. The summed E-state index contributed by atoms with van der Waals surface area (Å²) in [6.07, 6.45) is 2.60. The zero-order valence-electron chi connectivity index (χ0n) is 14.6. The van der Waals surface area contributed by atoms with E-state index >= 15 is 0 Å². The Labute approximate surface area is 144 Å². The van der Waals surface area contributed by atoms with Gasteiger partial charge in [-0.15, -0.1) is 0 Å². The van der Waals surface area contributed by atoms with E-state index in [1.807, 2.05) is 6.07 Å². The van der Waals surface area contributed by atoms with Crippen molar-refractivity contribution in [1.82, 2.24) is 4.90 Å². The topological polar surface area (TPSA) is 15.7 Å². The summed E-state index contributed by atoms with van der Waals surface area (Å²) in [6, 6.07) is 20.4. The predicted octanol–water partition coefficient (Wildman–Crippen LogP) is 3.97. The van der Waals surface area contributed by atoms with Crippen molar-refractivity contribution < 1.29 is 4.74 Å². The number of hydrogen-bond acceptors (Lipinski definition) is 3. The number of nitrogens with zero attached hydrogens (tertiary/aromatic N) is 2. The van der Waals surface area contributed by atoms with Crippen molar-refractivity contribution in [1.29, 1.82) is 0 Å². The fraction of sp³-hybridized carbons (Fsp3) is 0.429. The number of para-hydroxylation sites is 2. The number of piperidine rings is 3. The van der Waals surface area contributed by atoms with Gasteiger partial charge in [0.15, 0.2) is 0 Å². The molecule has 0 aromatic heterocycles. The van der Waals surface area contributed by atoms with Gasteiger partial charge in [-0.05, 0) is 49.5 Å². The lowest BCUT2D eigenvalue weighted by Crippen LogP contribution is -2.58. The Kier molecular flexibility index (Phi) is 4.19. The smallest absolute Gasteiger partial charge is 0.142 e. The average Bonchev–Trinajstić information content (AvgIpc) is 2.68. The Morgan fingerprint density at radius 1 is 0.958 bits per heavy atom. The highest BCUT2D eigenvalue weighted by molar-refractivity contribution is 5.59. The number of ether oxygens (including phenoxy) is 1. The van der Waals surface area contributed by atoms with Crippen LogP contribution < -0.4 is 9.64 Å². The molecule has 126 valence electrons. The van der Waals surface area contributed by atoms with Crippen LogP contribution in [0.15, 0.2) is 54.6 Å². The SMILES string of the molecule is COc1ccccc1N(C)C1C2CCN(CC2)C1c1ccccc1.